The van der Waals surface area contributed by atoms with Crippen LogP contribution >= 0.6 is 0 Å². The molecule has 0 unspecified atom stereocenters. The molecule has 7 rings (SSSR count). The number of hydrogen-bond acceptors (Lipinski definition) is 0. The van der Waals surface area contributed by atoms with Gasteiger partial charge in [0.1, 0.15) is 0 Å². The second-order valence-corrected chi connectivity index (χ2v) is 12.3. The zero-order chi connectivity index (χ0) is 15.7. The lowest BCUT2D eigenvalue weighted by Crippen LogP contribution is -2.70. The molecule has 0 aromatic rings. The van der Waals surface area contributed by atoms with Crippen LogP contribution in [0.4, 0.5) is 0 Å². The molecule has 0 heteroatoms. The fraction of sp³-hybridized carbons (Fsp3) is 1.00. The molecule has 124 valence electrons. The molecule has 0 spiro atoms. The summed E-state index contributed by atoms with van der Waals surface area (Å²) < 4.78 is 0. The van der Waals surface area contributed by atoms with Crippen molar-refractivity contribution in [2.75, 3.05) is 0 Å². The maximum Gasteiger partial charge on any atom is -0.0240 e. The molecule has 7 fully saturated rings. The quantitative estimate of drug-likeness (QED) is 0.503. The SMILES string of the molecule is CC(C)(C)C12CC3C4CC5(C(C)(C)C)CC3C(C1)C(C5)C4C2. The van der Waals surface area contributed by atoms with Crippen molar-refractivity contribution in [2.24, 2.45) is 57.2 Å². The molecule has 0 heterocycles. The van der Waals surface area contributed by atoms with Crippen LogP contribution in [0.15, 0.2) is 0 Å². The Bertz CT molecular complexity index is 400. The summed E-state index contributed by atoms with van der Waals surface area (Å²) >= 11 is 0. The Morgan fingerprint density at radius 2 is 0.636 bits per heavy atom. The van der Waals surface area contributed by atoms with Crippen molar-refractivity contribution in [3.63, 3.8) is 0 Å². The van der Waals surface area contributed by atoms with E-state index < -0.39 is 0 Å². The molecule has 0 saturated heterocycles. The molecular formula is C22H36. The van der Waals surface area contributed by atoms with Crippen molar-refractivity contribution in [1.29, 1.82) is 0 Å². The van der Waals surface area contributed by atoms with Gasteiger partial charge in [0.05, 0.1) is 0 Å². The topological polar surface area (TPSA) is 0 Å². The highest BCUT2D eigenvalue weighted by molar-refractivity contribution is 5.21. The summed E-state index contributed by atoms with van der Waals surface area (Å²) in [4.78, 5) is 0. The average molecular weight is 301 g/mol. The lowest BCUT2D eigenvalue weighted by molar-refractivity contribution is -0.290. The lowest BCUT2D eigenvalue weighted by Gasteiger charge is -2.78. The van der Waals surface area contributed by atoms with Gasteiger partial charge in [-0.15, -0.1) is 0 Å². The van der Waals surface area contributed by atoms with Gasteiger partial charge in [-0.25, -0.2) is 0 Å². The van der Waals surface area contributed by atoms with Gasteiger partial charge in [-0.3, -0.25) is 0 Å². The van der Waals surface area contributed by atoms with Gasteiger partial charge in [-0.2, -0.15) is 0 Å². The second kappa shape index (κ2) is 3.65. The minimum atomic E-state index is 0.530. The molecular weight excluding hydrogens is 264 g/mol. The van der Waals surface area contributed by atoms with E-state index in [1.54, 1.807) is 38.5 Å². The van der Waals surface area contributed by atoms with Crippen molar-refractivity contribution in [3.8, 4) is 0 Å². The Morgan fingerprint density at radius 3 is 0.773 bits per heavy atom. The normalized spacial score (nSPS) is 58.6. The van der Waals surface area contributed by atoms with E-state index in [1.165, 1.54) is 0 Å². The third kappa shape index (κ3) is 1.39. The summed E-state index contributed by atoms with van der Waals surface area (Å²) in [6.45, 7) is 15.3. The first kappa shape index (κ1) is 14.4. The van der Waals surface area contributed by atoms with Gasteiger partial charge in [-0.1, -0.05) is 41.5 Å². The van der Waals surface area contributed by atoms with E-state index in [1.807, 2.05) is 0 Å². The fourth-order valence-corrected chi connectivity index (χ4v) is 8.77. The number of rotatable bonds is 0. The molecule has 0 aromatic carbocycles. The molecule has 7 aliphatic carbocycles. The predicted octanol–water partition coefficient (Wildman–Crippen LogP) is 6.16. The molecule has 8 bridgehead atoms. The third-order valence-electron chi connectivity index (χ3n) is 10.2. The van der Waals surface area contributed by atoms with E-state index in [0.717, 1.165) is 35.5 Å². The van der Waals surface area contributed by atoms with Crippen LogP contribution in [0.3, 0.4) is 0 Å². The van der Waals surface area contributed by atoms with E-state index >= 15 is 0 Å². The van der Waals surface area contributed by atoms with Crippen molar-refractivity contribution in [3.05, 3.63) is 0 Å². The van der Waals surface area contributed by atoms with E-state index in [0.29, 0.717) is 21.7 Å². The van der Waals surface area contributed by atoms with Crippen LogP contribution in [0.1, 0.15) is 80.1 Å². The largest absolute Gasteiger partial charge is 0.0596 e. The van der Waals surface area contributed by atoms with Crippen LogP contribution in [-0.4, -0.2) is 0 Å². The van der Waals surface area contributed by atoms with Gasteiger partial charge in [0.2, 0.25) is 0 Å². The van der Waals surface area contributed by atoms with Gasteiger partial charge >= 0.3 is 0 Å². The number of hydrogen-bond donors (Lipinski definition) is 0. The monoisotopic (exact) mass is 300 g/mol. The first-order valence-electron chi connectivity index (χ1n) is 10.1. The van der Waals surface area contributed by atoms with Gasteiger partial charge in [0, 0.05) is 0 Å². The molecule has 22 heavy (non-hydrogen) atoms. The molecule has 7 saturated carbocycles. The minimum Gasteiger partial charge on any atom is -0.0596 e. The molecule has 7 aliphatic rings. The highest BCUT2D eigenvalue weighted by Crippen LogP contribution is 2.80. The van der Waals surface area contributed by atoms with E-state index in [4.69, 9.17) is 0 Å². The Balaban J connectivity index is 1.58. The molecule has 0 aliphatic heterocycles. The van der Waals surface area contributed by atoms with E-state index in [9.17, 15) is 0 Å². The van der Waals surface area contributed by atoms with Crippen molar-refractivity contribution in [2.45, 2.75) is 80.1 Å². The van der Waals surface area contributed by atoms with Crippen LogP contribution < -0.4 is 0 Å². The van der Waals surface area contributed by atoms with Crippen LogP contribution in [-0.2, 0) is 0 Å². The van der Waals surface area contributed by atoms with Crippen LogP contribution in [0.25, 0.3) is 0 Å². The standard InChI is InChI=1S/C22H36/c1-19(2,3)21-7-13-16-10-22(20(4,5)6)11-17(13)15(9-21)18(12-22)14(16)8-21/h13-18H,7-12H2,1-6H3. The Labute approximate surface area is 137 Å². The van der Waals surface area contributed by atoms with Gasteiger partial charge in [0.15, 0.2) is 0 Å². The first-order chi connectivity index (χ1) is 10.1. The summed E-state index contributed by atoms with van der Waals surface area (Å²) in [5.74, 6) is 6.69. The fourth-order valence-electron chi connectivity index (χ4n) is 8.77. The van der Waals surface area contributed by atoms with Crippen molar-refractivity contribution >= 4 is 0 Å². The summed E-state index contributed by atoms with van der Waals surface area (Å²) in [6.07, 6.45) is 9.53. The smallest absolute Gasteiger partial charge is 0.0240 e. The third-order valence-corrected chi connectivity index (χ3v) is 10.2. The zero-order valence-corrected chi connectivity index (χ0v) is 15.7. The second-order valence-electron chi connectivity index (χ2n) is 12.3. The molecule has 0 aromatic heterocycles. The lowest BCUT2D eigenvalue weighted by atomic mass is 9.27. The highest BCUT2D eigenvalue weighted by Gasteiger charge is 2.72. The molecule has 0 N–H and O–H groups in total. The summed E-state index contributed by atoms with van der Waals surface area (Å²) in [7, 11) is 0. The van der Waals surface area contributed by atoms with E-state index in [-0.39, 0.29) is 0 Å². The van der Waals surface area contributed by atoms with Crippen molar-refractivity contribution in [1.82, 2.24) is 0 Å². The highest BCUT2D eigenvalue weighted by atomic mass is 14.8. The zero-order valence-electron chi connectivity index (χ0n) is 15.7. The predicted molar refractivity (Wildman–Crippen MR) is 92.4 cm³/mol. The van der Waals surface area contributed by atoms with Gasteiger partial charge < -0.3 is 0 Å². The van der Waals surface area contributed by atoms with Gasteiger partial charge in [-0.05, 0) is 95.7 Å². The van der Waals surface area contributed by atoms with Crippen molar-refractivity contribution < 1.29 is 0 Å². The molecule has 0 amide bonds. The molecule has 0 nitrogen and oxygen atoms in total. The summed E-state index contributed by atoms with van der Waals surface area (Å²) in [5, 5.41) is 0. The maximum atomic E-state index is 2.55. The molecule has 0 radical (unpaired) electrons. The summed E-state index contributed by atoms with van der Waals surface area (Å²) in [5.41, 5.74) is 2.47. The molecule has 0 atom stereocenters. The van der Waals surface area contributed by atoms with Gasteiger partial charge in [0.25, 0.3) is 0 Å². The Hall–Kier alpha value is 0. The van der Waals surface area contributed by atoms with Crippen LogP contribution in [0.2, 0.25) is 0 Å². The Kier molecular flexibility index (Phi) is 2.38. The van der Waals surface area contributed by atoms with Crippen LogP contribution in [0, 0.1) is 57.2 Å². The minimum absolute atomic E-state index is 0.530. The first-order valence-corrected chi connectivity index (χ1v) is 10.1. The van der Waals surface area contributed by atoms with Crippen LogP contribution in [0.5, 0.6) is 0 Å². The Morgan fingerprint density at radius 1 is 0.455 bits per heavy atom. The maximum absolute atomic E-state index is 2.55. The average Bonchev–Trinajstić information content (AvgIpc) is 2.41. The van der Waals surface area contributed by atoms with E-state index in [2.05, 4.69) is 41.5 Å². The summed E-state index contributed by atoms with van der Waals surface area (Å²) in [6, 6.07) is 0.